The van der Waals surface area contributed by atoms with Gasteiger partial charge in [0.2, 0.25) is 5.91 Å². The van der Waals surface area contributed by atoms with Crippen LogP contribution in [0.5, 0.6) is 5.75 Å². The number of benzene rings is 2. The van der Waals surface area contributed by atoms with Gasteiger partial charge in [0.15, 0.2) is 5.13 Å². The lowest BCUT2D eigenvalue weighted by atomic mass is 10.1. The number of hydrogen-bond acceptors (Lipinski definition) is 7. The number of aromatic nitrogens is 1. The number of nitrogens with one attached hydrogen (secondary N) is 1. The topological polar surface area (TPSA) is 135 Å². The molecule has 33 heavy (non-hydrogen) atoms. The van der Waals surface area contributed by atoms with Crippen molar-refractivity contribution in [3.05, 3.63) is 65.0 Å². The fourth-order valence-electron chi connectivity index (χ4n) is 3.61. The van der Waals surface area contributed by atoms with Gasteiger partial charge in [0, 0.05) is 17.5 Å². The van der Waals surface area contributed by atoms with E-state index in [1.807, 2.05) is 30.3 Å². The lowest BCUT2D eigenvalue weighted by Crippen LogP contribution is -2.43. The quantitative estimate of drug-likeness (QED) is 0.510. The number of rotatable bonds is 6. The van der Waals surface area contributed by atoms with Gasteiger partial charge in [-0.2, -0.15) is 0 Å². The molecule has 3 aromatic rings. The molecule has 1 aliphatic rings. The Morgan fingerprint density at radius 3 is 2.73 bits per heavy atom. The molecule has 0 spiro atoms. The maximum atomic E-state index is 12.8. The van der Waals surface area contributed by atoms with E-state index < -0.39 is 18.0 Å². The van der Waals surface area contributed by atoms with Gasteiger partial charge < -0.3 is 20.9 Å². The van der Waals surface area contributed by atoms with E-state index in [-0.39, 0.29) is 23.8 Å². The van der Waals surface area contributed by atoms with Crippen molar-refractivity contribution in [1.29, 1.82) is 0 Å². The first-order valence-corrected chi connectivity index (χ1v) is 11.2. The lowest BCUT2D eigenvalue weighted by Gasteiger charge is -2.22. The molecule has 170 valence electrons. The Balaban J connectivity index is 1.38. The number of hydrogen-bond donors (Lipinski definition) is 3. The minimum Gasteiger partial charge on any atom is -0.507 e. The molecule has 1 aromatic heterocycles. The van der Waals surface area contributed by atoms with E-state index in [1.54, 1.807) is 11.4 Å². The Labute approximate surface area is 193 Å². The van der Waals surface area contributed by atoms with E-state index in [0.717, 1.165) is 5.56 Å². The van der Waals surface area contributed by atoms with Gasteiger partial charge in [0.1, 0.15) is 18.4 Å². The number of thiazole rings is 1. The predicted octanol–water partition coefficient (Wildman–Crippen LogP) is 3.35. The highest BCUT2D eigenvalue weighted by Gasteiger charge is 2.35. The summed E-state index contributed by atoms with van der Waals surface area (Å²) in [6.45, 7) is 0.585. The Morgan fingerprint density at radius 2 is 2.00 bits per heavy atom. The van der Waals surface area contributed by atoms with Crippen molar-refractivity contribution in [2.75, 3.05) is 11.9 Å². The molecule has 0 saturated carbocycles. The summed E-state index contributed by atoms with van der Waals surface area (Å²) in [6, 6.07) is 13.1. The zero-order valence-electron chi connectivity index (χ0n) is 17.6. The first kappa shape index (κ1) is 22.3. The SMILES string of the molecule is NC(=O)c1ccc(-c2csc(NC(=O)C3CCCN3C(=O)OCc3ccccc3)n2)cc1O. The Morgan fingerprint density at radius 1 is 1.21 bits per heavy atom. The van der Waals surface area contributed by atoms with Crippen molar-refractivity contribution in [1.82, 2.24) is 9.88 Å². The van der Waals surface area contributed by atoms with Crippen molar-refractivity contribution < 1.29 is 24.2 Å². The zero-order chi connectivity index (χ0) is 23.4. The van der Waals surface area contributed by atoms with E-state index in [4.69, 9.17) is 10.5 Å². The van der Waals surface area contributed by atoms with Gasteiger partial charge >= 0.3 is 6.09 Å². The highest BCUT2D eigenvalue weighted by Crippen LogP contribution is 2.30. The lowest BCUT2D eigenvalue weighted by molar-refractivity contribution is -0.120. The molecular weight excluding hydrogens is 444 g/mol. The van der Waals surface area contributed by atoms with Crippen LogP contribution in [0.4, 0.5) is 9.93 Å². The summed E-state index contributed by atoms with van der Waals surface area (Å²) >= 11 is 1.21. The third-order valence-corrected chi connectivity index (χ3v) is 6.05. The van der Waals surface area contributed by atoms with Crippen LogP contribution in [0.3, 0.4) is 0 Å². The Bertz CT molecular complexity index is 1180. The molecule has 1 saturated heterocycles. The molecule has 0 aliphatic carbocycles. The maximum absolute atomic E-state index is 12.8. The fourth-order valence-corrected chi connectivity index (χ4v) is 4.33. The molecule has 0 radical (unpaired) electrons. The molecule has 10 heteroatoms. The second-order valence-electron chi connectivity index (χ2n) is 7.51. The van der Waals surface area contributed by atoms with Crippen molar-refractivity contribution in [3.8, 4) is 17.0 Å². The van der Waals surface area contributed by atoms with Gasteiger partial charge in [-0.15, -0.1) is 11.3 Å². The smallest absolute Gasteiger partial charge is 0.410 e. The third-order valence-electron chi connectivity index (χ3n) is 5.29. The van der Waals surface area contributed by atoms with Gasteiger partial charge in [0.25, 0.3) is 5.91 Å². The zero-order valence-corrected chi connectivity index (χ0v) is 18.4. The summed E-state index contributed by atoms with van der Waals surface area (Å²) in [6.07, 6.45) is 0.710. The summed E-state index contributed by atoms with van der Waals surface area (Å²) in [5.41, 5.74) is 7.19. The molecule has 4 rings (SSSR count). The van der Waals surface area contributed by atoms with Crippen molar-refractivity contribution in [2.45, 2.75) is 25.5 Å². The maximum Gasteiger partial charge on any atom is 0.410 e. The number of nitrogens with two attached hydrogens (primary N) is 1. The number of aromatic hydroxyl groups is 1. The highest BCUT2D eigenvalue weighted by atomic mass is 32.1. The molecule has 1 aliphatic heterocycles. The molecule has 0 bridgehead atoms. The largest absolute Gasteiger partial charge is 0.507 e. The minimum absolute atomic E-state index is 0.0166. The number of likely N-dealkylation sites (tertiary alicyclic amines) is 1. The molecule has 1 unspecified atom stereocenters. The van der Waals surface area contributed by atoms with Crippen LogP contribution in [0.1, 0.15) is 28.8 Å². The van der Waals surface area contributed by atoms with Crippen LogP contribution in [0.2, 0.25) is 0 Å². The standard InChI is InChI=1S/C23H22N4O5S/c24-20(29)16-9-8-15(11-19(16)28)17-13-33-22(25-17)26-21(30)18-7-4-10-27(18)23(31)32-12-14-5-2-1-3-6-14/h1-3,5-6,8-9,11,13,18,28H,4,7,10,12H2,(H2,24,29)(H,25,26,30). The summed E-state index contributed by atoms with van der Waals surface area (Å²) < 4.78 is 5.38. The number of amides is 3. The first-order valence-electron chi connectivity index (χ1n) is 10.3. The number of nitrogens with zero attached hydrogens (tertiary/aromatic N) is 2. The monoisotopic (exact) mass is 466 g/mol. The molecule has 1 atom stereocenters. The van der Waals surface area contributed by atoms with Crippen molar-refractivity contribution in [3.63, 3.8) is 0 Å². The number of phenols is 1. The van der Waals surface area contributed by atoms with Gasteiger partial charge in [-0.3, -0.25) is 14.5 Å². The summed E-state index contributed by atoms with van der Waals surface area (Å²) in [5, 5.41) is 14.8. The molecule has 1 fully saturated rings. The molecule has 2 heterocycles. The van der Waals surface area contributed by atoms with Crippen LogP contribution < -0.4 is 11.1 Å². The summed E-state index contributed by atoms with van der Waals surface area (Å²) in [7, 11) is 0. The molecule has 3 amide bonds. The number of primary amides is 1. The number of carbonyl (C=O) groups is 3. The molecular formula is C23H22N4O5S. The fraction of sp³-hybridized carbons (Fsp3) is 0.217. The molecule has 4 N–H and O–H groups in total. The second kappa shape index (κ2) is 9.70. The predicted molar refractivity (Wildman–Crippen MR) is 123 cm³/mol. The number of carbonyl (C=O) groups excluding carboxylic acids is 3. The molecule has 2 aromatic carbocycles. The summed E-state index contributed by atoms with van der Waals surface area (Å²) in [4.78, 5) is 42.5. The van der Waals surface area contributed by atoms with Crippen LogP contribution in [-0.2, 0) is 16.1 Å². The number of anilines is 1. The van der Waals surface area contributed by atoms with E-state index in [2.05, 4.69) is 10.3 Å². The number of ether oxygens (including phenoxy) is 1. The summed E-state index contributed by atoms with van der Waals surface area (Å²) in [5.74, 6) is -1.31. The first-order chi connectivity index (χ1) is 15.9. The molecule has 9 nitrogen and oxygen atoms in total. The van der Waals surface area contributed by atoms with Gasteiger partial charge in [-0.1, -0.05) is 36.4 Å². The third kappa shape index (κ3) is 5.12. The van der Waals surface area contributed by atoms with Crippen LogP contribution in [-0.4, -0.2) is 45.5 Å². The minimum atomic E-state index is -0.728. The van der Waals surface area contributed by atoms with Gasteiger partial charge in [-0.05, 0) is 30.5 Å². The Kier molecular flexibility index (Phi) is 6.55. The van der Waals surface area contributed by atoms with Gasteiger partial charge in [-0.25, -0.2) is 9.78 Å². The Hall–Kier alpha value is -3.92. The average molecular weight is 467 g/mol. The van der Waals surface area contributed by atoms with Crippen molar-refractivity contribution >= 4 is 34.4 Å². The van der Waals surface area contributed by atoms with Crippen LogP contribution in [0.15, 0.2) is 53.9 Å². The van der Waals surface area contributed by atoms with E-state index in [0.29, 0.717) is 35.8 Å². The van der Waals surface area contributed by atoms with E-state index in [1.165, 1.54) is 28.4 Å². The van der Waals surface area contributed by atoms with Crippen LogP contribution >= 0.6 is 11.3 Å². The van der Waals surface area contributed by atoms with Crippen LogP contribution in [0.25, 0.3) is 11.3 Å². The van der Waals surface area contributed by atoms with E-state index >= 15 is 0 Å². The average Bonchev–Trinajstić information content (AvgIpc) is 3.48. The highest BCUT2D eigenvalue weighted by molar-refractivity contribution is 7.14. The van der Waals surface area contributed by atoms with Crippen molar-refractivity contribution in [2.24, 2.45) is 5.73 Å². The van der Waals surface area contributed by atoms with E-state index in [9.17, 15) is 19.5 Å². The normalized spacial score (nSPS) is 15.3. The van der Waals surface area contributed by atoms with Gasteiger partial charge in [0.05, 0.1) is 11.3 Å². The second-order valence-corrected chi connectivity index (χ2v) is 8.37. The van der Waals surface area contributed by atoms with Crippen LogP contribution in [0, 0.1) is 0 Å².